The molecular weight excluding hydrogens is 326 g/mol. The van der Waals surface area contributed by atoms with Crippen LogP contribution in [0.3, 0.4) is 0 Å². The first-order chi connectivity index (χ1) is 10.6. The monoisotopic (exact) mass is 361 g/mol. The highest BCUT2D eigenvalue weighted by molar-refractivity contribution is 6.72. The summed E-state index contributed by atoms with van der Waals surface area (Å²) in [5.74, 6) is -0.673. The molecule has 1 atom stereocenters. The second kappa shape index (κ2) is 8.34. The molecule has 6 nitrogen and oxygen atoms in total. The minimum absolute atomic E-state index is 0.307. The maximum atomic E-state index is 12.1. The Kier molecular flexibility index (Phi) is 7.96. The van der Waals surface area contributed by atoms with E-state index >= 15 is 0 Å². The first kappa shape index (κ1) is 22.9. The lowest BCUT2D eigenvalue weighted by atomic mass is 9.93. The molecule has 0 rings (SSSR count). The van der Waals surface area contributed by atoms with Crippen molar-refractivity contribution in [1.82, 2.24) is 4.90 Å². The number of esters is 1. The Labute approximate surface area is 147 Å². The Bertz CT molecular complexity index is 437. The minimum atomic E-state index is -2.43. The molecule has 0 aromatic carbocycles. The molecule has 0 fully saturated rings. The van der Waals surface area contributed by atoms with Crippen LogP contribution in [-0.2, 0) is 14.3 Å². The van der Waals surface area contributed by atoms with Gasteiger partial charge >= 0.3 is 12.1 Å². The normalized spacial score (nSPS) is 14.1. The van der Waals surface area contributed by atoms with Gasteiger partial charge in [-0.15, -0.1) is 0 Å². The Morgan fingerprint density at radius 3 is 2.04 bits per heavy atom. The number of rotatable bonds is 7. The first-order valence-corrected chi connectivity index (χ1v) is 11.3. The molecule has 142 valence electrons. The number of hydrogen-bond acceptors (Lipinski definition) is 5. The number of ether oxygens (including phenoxy) is 2. The largest absolute Gasteiger partial charge is 0.469 e. The van der Waals surface area contributed by atoms with E-state index in [1.807, 2.05) is 47.7 Å². The zero-order valence-corrected chi connectivity index (χ0v) is 17.7. The van der Waals surface area contributed by atoms with Crippen LogP contribution in [0.15, 0.2) is 0 Å². The van der Waals surface area contributed by atoms with Crippen LogP contribution in [0.5, 0.6) is 0 Å². The van der Waals surface area contributed by atoms with E-state index in [9.17, 15) is 14.4 Å². The molecule has 0 aliphatic carbocycles. The van der Waals surface area contributed by atoms with E-state index in [-0.39, 0.29) is 16.9 Å². The Hall–Kier alpha value is -1.08. The van der Waals surface area contributed by atoms with Crippen molar-refractivity contribution < 1.29 is 23.9 Å². The second-order valence-electron chi connectivity index (χ2n) is 8.56. The fourth-order valence-corrected chi connectivity index (χ4v) is 2.86. The molecule has 0 saturated heterocycles. The summed E-state index contributed by atoms with van der Waals surface area (Å²) in [6.45, 7) is 13.5. The molecule has 1 N–H and O–H groups in total. The van der Waals surface area contributed by atoms with Gasteiger partial charge in [-0.3, -0.25) is 4.79 Å². The zero-order chi connectivity index (χ0) is 19.3. The summed E-state index contributed by atoms with van der Waals surface area (Å²) in [6.07, 6.45) is 0.579. The minimum Gasteiger partial charge on any atom is -0.469 e. The van der Waals surface area contributed by atoms with Crippen molar-refractivity contribution in [1.29, 1.82) is 0 Å². The Balaban J connectivity index is 4.89. The summed E-state index contributed by atoms with van der Waals surface area (Å²) in [5, 5.41) is -0.337. The summed E-state index contributed by atoms with van der Waals surface area (Å²) in [7, 11) is 0.585. The molecule has 1 unspecified atom stereocenters. The summed E-state index contributed by atoms with van der Waals surface area (Å²) in [6, 6.07) is 0. The van der Waals surface area contributed by atoms with Crippen LogP contribution in [0.25, 0.3) is 0 Å². The van der Waals surface area contributed by atoms with Crippen molar-refractivity contribution in [2.75, 3.05) is 20.7 Å². The lowest BCUT2D eigenvalue weighted by Crippen LogP contribution is -2.42. The van der Waals surface area contributed by atoms with E-state index in [1.54, 1.807) is 7.05 Å². The molecule has 0 bridgehead atoms. The molecule has 0 aliphatic rings. The van der Waals surface area contributed by atoms with Crippen LogP contribution in [0.1, 0.15) is 47.5 Å². The van der Waals surface area contributed by atoms with Crippen LogP contribution in [-0.4, -0.2) is 56.4 Å². The summed E-state index contributed by atoms with van der Waals surface area (Å²) < 4.78 is 10.2. The van der Waals surface area contributed by atoms with Crippen molar-refractivity contribution in [2.45, 2.75) is 71.2 Å². The number of carbonyl (C=O) groups excluding carboxylic acids is 2. The average Bonchev–Trinajstić information content (AvgIpc) is 2.38. The SMILES string of the molecule is COC(=O)C(CCN(C)C(=O)OC(C)(C)C)CC(C)(C)[Si](C)(C)O. The van der Waals surface area contributed by atoms with Gasteiger partial charge in [-0.1, -0.05) is 13.8 Å². The Morgan fingerprint density at radius 1 is 1.17 bits per heavy atom. The maximum Gasteiger partial charge on any atom is 0.410 e. The van der Waals surface area contributed by atoms with Gasteiger partial charge in [0.2, 0.25) is 0 Å². The van der Waals surface area contributed by atoms with Gasteiger partial charge in [-0.25, -0.2) is 4.79 Å². The number of methoxy groups -OCH3 is 1. The molecule has 7 heteroatoms. The summed E-state index contributed by atoms with van der Waals surface area (Å²) in [4.78, 5) is 36.0. The molecule has 24 heavy (non-hydrogen) atoms. The van der Waals surface area contributed by atoms with Gasteiger partial charge in [-0.05, 0) is 51.7 Å². The van der Waals surface area contributed by atoms with E-state index in [1.165, 1.54) is 12.0 Å². The van der Waals surface area contributed by atoms with Gasteiger partial charge in [0.1, 0.15) is 5.60 Å². The van der Waals surface area contributed by atoms with E-state index in [0.717, 1.165) is 0 Å². The third-order valence-electron chi connectivity index (χ3n) is 4.47. The number of hydrogen-bond donors (Lipinski definition) is 1. The highest BCUT2D eigenvalue weighted by atomic mass is 28.4. The van der Waals surface area contributed by atoms with Crippen LogP contribution in [0.2, 0.25) is 18.1 Å². The molecule has 0 saturated carbocycles. The van der Waals surface area contributed by atoms with Crippen molar-refractivity contribution in [3.8, 4) is 0 Å². The topological polar surface area (TPSA) is 76.1 Å². The van der Waals surface area contributed by atoms with Gasteiger partial charge in [0.25, 0.3) is 0 Å². The lowest BCUT2D eigenvalue weighted by molar-refractivity contribution is -0.146. The molecule has 0 aromatic heterocycles. The highest BCUT2D eigenvalue weighted by Gasteiger charge is 2.41. The van der Waals surface area contributed by atoms with Crippen LogP contribution in [0, 0.1) is 5.92 Å². The number of nitrogens with zero attached hydrogens (tertiary/aromatic N) is 1. The number of carbonyl (C=O) groups is 2. The predicted molar refractivity (Wildman–Crippen MR) is 97.3 cm³/mol. The van der Waals surface area contributed by atoms with E-state index in [4.69, 9.17) is 9.47 Å². The molecule has 0 aromatic rings. The third kappa shape index (κ3) is 7.66. The first-order valence-electron chi connectivity index (χ1n) is 8.35. The molecule has 0 radical (unpaired) electrons. The average molecular weight is 362 g/mol. The predicted octanol–water partition coefficient (Wildman–Crippen LogP) is 3.40. The molecule has 0 heterocycles. The van der Waals surface area contributed by atoms with Gasteiger partial charge in [0, 0.05) is 13.6 Å². The fraction of sp³-hybridized carbons (Fsp3) is 0.882. The zero-order valence-electron chi connectivity index (χ0n) is 16.7. The van der Waals surface area contributed by atoms with E-state index in [2.05, 4.69) is 0 Å². The second-order valence-corrected chi connectivity index (χ2v) is 13.0. The van der Waals surface area contributed by atoms with E-state index in [0.29, 0.717) is 19.4 Å². The smallest absolute Gasteiger partial charge is 0.410 e. The van der Waals surface area contributed by atoms with Crippen molar-refractivity contribution in [3.63, 3.8) is 0 Å². The number of amides is 1. The summed E-state index contributed by atoms with van der Waals surface area (Å²) in [5.41, 5.74) is -0.554. The molecule has 0 aliphatic heterocycles. The molecule has 1 amide bonds. The highest BCUT2D eigenvalue weighted by Crippen LogP contribution is 2.42. The van der Waals surface area contributed by atoms with Crippen molar-refractivity contribution in [2.24, 2.45) is 5.92 Å². The van der Waals surface area contributed by atoms with Gasteiger partial charge in [-0.2, -0.15) is 0 Å². The Morgan fingerprint density at radius 2 is 1.67 bits per heavy atom. The van der Waals surface area contributed by atoms with Gasteiger partial charge < -0.3 is 19.2 Å². The quantitative estimate of drug-likeness (QED) is 0.555. The van der Waals surface area contributed by atoms with E-state index < -0.39 is 20.0 Å². The maximum absolute atomic E-state index is 12.1. The van der Waals surface area contributed by atoms with Crippen molar-refractivity contribution >= 4 is 20.4 Å². The molecule has 0 spiro atoms. The van der Waals surface area contributed by atoms with Crippen LogP contribution >= 0.6 is 0 Å². The van der Waals surface area contributed by atoms with Gasteiger partial charge in [0.15, 0.2) is 8.32 Å². The van der Waals surface area contributed by atoms with Crippen LogP contribution < -0.4 is 0 Å². The lowest BCUT2D eigenvalue weighted by Gasteiger charge is -2.37. The molecular formula is C17H35NO5Si. The summed E-state index contributed by atoms with van der Waals surface area (Å²) >= 11 is 0. The third-order valence-corrected chi connectivity index (χ3v) is 7.98. The fourth-order valence-electron chi connectivity index (χ4n) is 2.12. The van der Waals surface area contributed by atoms with Crippen molar-refractivity contribution in [3.05, 3.63) is 0 Å². The van der Waals surface area contributed by atoms with Crippen LogP contribution in [0.4, 0.5) is 4.79 Å². The van der Waals surface area contributed by atoms with Gasteiger partial charge in [0.05, 0.1) is 13.0 Å². The standard InChI is InChI=1S/C17H35NO5Si/c1-16(2,3)23-15(20)18(6)11-10-13(14(19)22-7)12-17(4,5)24(8,9)21/h13,21H,10-12H2,1-9H3.